The van der Waals surface area contributed by atoms with Crippen LogP contribution in [0, 0.1) is 10.1 Å². The van der Waals surface area contributed by atoms with Gasteiger partial charge in [0.15, 0.2) is 5.65 Å². The highest BCUT2D eigenvalue weighted by atomic mass is 32.2. The minimum atomic E-state index is -3.91. The van der Waals surface area contributed by atoms with E-state index in [1.165, 1.54) is 18.3 Å². The van der Waals surface area contributed by atoms with Crippen LogP contribution in [-0.4, -0.2) is 60.5 Å². The second kappa shape index (κ2) is 10.2. The number of nitro groups is 1. The summed E-state index contributed by atoms with van der Waals surface area (Å²) in [6.45, 7) is 3.48. The van der Waals surface area contributed by atoms with Gasteiger partial charge in [-0.15, -0.1) is 0 Å². The smallest absolute Gasteiger partial charge is 0.311 e. The van der Waals surface area contributed by atoms with Crippen LogP contribution in [0.4, 0.5) is 11.4 Å². The van der Waals surface area contributed by atoms with Crippen molar-refractivity contribution < 1.29 is 18.1 Å². The zero-order valence-corrected chi connectivity index (χ0v) is 21.2. The molecule has 1 aliphatic heterocycles. The molecule has 0 bridgehead atoms. The van der Waals surface area contributed by atoms with Crippen LogP contribution in [0.15, 0.2) is 78.0 Å². The summed E-state index contributed by atoms with van der Waals surface area (Å²) >= 11 is 0. The molecule has 5 rings (SSSR count). The molecule has 0 unspecified atom stereocenters. The molecule has 4 aromatic rings. The second-order valence-corrected chi connectivity index (χ2v) is 10.7. The van der Waals surface area contributed by atoms with E-state index in [1.54, 1.807) is 31.4 Å². The molecule has 11 heteroatoms. The molecule has 2 aromatic heterocycles. The lowest BCUT2D eigenvalue weighted by Gasteiger charge is -2.24. The molecular formula is C26H27N5O5S. The first-order valence-corrected chi connectivity index (χ1v) is 13.4. The van der Waals surface area contributed by atoms with E-state index in [0.29, 0.717) is 30.7 Å². The summed E-state index contributed by atoms with van der Waals surface area (Å²) < 4.78 is 32.9. The third-order valence-corrected chi connectivity index (χ3v) is 8.28. The Bertz CT molecular complexity index is 1520. The number of hydrogen-bond acceptors (Lipinski definition) is 8. The lowest BCUT2D eigenvalue weighted by molar-refractivity contribution is -0.384. The van der Waals surface area contributed by atoms with Crippen LogP contribution in [0.2, 0.25) is 0 Å². The quantitative estimate of drug-likeness (QED) is 0.266. The van der Waals surface area contributed by atoms with Crippen LogP contribution in [0.1, 0.15) is 12.0 Å². The van der Waals surface area contributed by atoms with Gasteiger partial charge in [-0.3, -0.25) is 15.0 Å². The van der Waals surface area contributed by atoms with Gasteiger partial charge in [-0.1, -0.05) is 30.3 Å². The van der Waals surface area contributed by atoms with E-state index >= 15 is 0 Å². The zero-order chi connectivity index (χ0) is 26.0. The first kappa shape index (κ1) is 24.7. The molecule has 0 spiro atoms. The Morgan fingerprint density at radius 1 is 1.00 bits per heavy atom. The minimum absolute atomic E-state index is 0.123. The third-order valence-electron chi connectivity index (χ3n) is 6.60. The lowest BCUT2D eigenvalue weighted by atomic mass is 10.2. The maximum Gasteiger partial charge on any atom is 0.311 e. The van der Waals surface area contributed by atoms with Crippen molar-refractivity contribution >= 4 is 32.4 Å². The average molecular weight is 522 g/mol. The van der Waals surface area contributed by atoms with Crippen molar-refractivity contribution in [2.75, 3.05) is 38.2 Å². The van der Waals surface area contributed by atoms with Gasteiger partial charge in [-0.2, -0.15) is 0 Å². The van der Waals surface area contributed by atoms with Gasteiger partial charge in [0.1, 0.15) is 17.6 Å². The number of anilines is 1. The van der Waals surface area contributed by atoms with Crippen molar-refractivity contribution in [1.82, 2.24) is 13.9 Å². The van der Waals surface area contributed by atoms with E-state index in [2.05, 4.69) is 9.88 Å². The molecule has 1 aliphatic rings. The Morgan fingerprint density at radius 2 is 1.76 bits per heavy atom. The van der Waals surface area contributed by atoms with Gasteiger partial charge in [0.2, 0.25) is 0 Å². The number of fused-ring (bicyclic) bond motifs is 1. The van der Waals surface area contributed by atoms with Gasteiger partial charge in [0, 0.05) is 38.9 Å². The molecule has 2 aromatic carbocycles. The summed E-state index contributed by atoms with van der Waals surface area (Å²) in [6.07, 6.45) is 3.38. The number of methoxy groups -OCH3 is 1. The van der Waals surface area contributed by atoms with Gasteiger partial charge < -0.3 is 9.64 Å². The number of benzene rings is 2. The van der Waals surface area contributed by atoms with Gasteiger partial charge in [0.05, 0.1) is 22.3 Å². The van der Waals surface area contributed by atoms with Crippen molar-refractivity contribution in [2.24, 2.45) is 0 Å². The predicted octanol–water partition coefficient (Wildman–Crippen LogP) is 3.90. The van der Waals surface area contributed by atoms with Crippen molar-refractivity contribution in [3.63, 3.8) is 0 Å². The molecule has 3 heterocycles. The summed E-state index contributed by atoms with van der Waals surface area (Å²) in [7, 11) is -2.27. The molecule has 0 aliphatic carbocycles. The molecule has 1 fully saturated rings. The van der Waals surface area contributed by atoms with Crippen LogP contribution in [0.3, 0.4) is 0 Å². The number of nitrogens with zero attached hydrogens (tertiary/aromatic N) is 5. The van der Waals surface area contributed by atoms with Crippen LogP contribution >= 0.6 is 0 Å². The topological polar surface area (TPSA) is 111 Å². The minimum Gasteiger partial charge on any atom is -0.497 e. The fraction of sp³-hybridized carbons (Fsp3) is 0.269. The summed E-state index contributed by atoms with van der Waals surface area (Å²) in [4.78, 5) is 20.2. The first-order chi connectivity index (χ1) is 17.9. The van der Waals surface area contributed by atoms with E-state index in [1.807, 2.05) is 29.2 Å². The number of rotatable bonds is 7. The fourth-order valence-electron chi connectivity index (χ4n) is 4.75. The van der Waals surface area contributed by atoms with Crippen LogP contribution in [0.5, 0.6) is 5.75 Å². The van der Waals surface area contributed by atoms with E-state index in [0.717, 1.165) is 41.0 Å². The molecular weight excluding hydrogens is 494 g/mol. The van der Waals surface area contributed by atoms with E-state index in [-0.39, 0.29) is 16.2 Å². The number of hydrogen-bond donors (Lipinski definition) is 0. The lowest BCUT2D eigenvalue weighted by Crippen LogP contribution is -2.31. The second-order valence-electron chi connectivity index (χ2n) is 8.88. The average Bonchev–Trinajstić information content (AvgIpc) is 3.23. The maximum atomic E-state index is 13.3. The Morgan fingerprint density at radius 3 is 2.46 bits per heavy atom. The molecule has 192 valence electrons. The Balaban J connectivity index is 1.46. The summed E-state index contributed by atoms with van der Waals surface area (Å²) in [5.41, 5.74) is 1.60. The molecule has 0 atom stereocenters. The summed E-state index contributed by atoms with van der Waals surface area (Å²) in [5, 5.41) is 12.4. The zero-order valence-electron chi connectivity index (χ0n) is 20.4. The van der Waals surface area contributed by atoms with Crippen molar-refractivity contribution in [3.8, 4) is 5.75 Å². The number of aromatic nitrogens is 2. The molecule has 0 N–H and O–H groups in total. The Kier molecular flexibility index (Phi) is 6.81. The van der Waals surface area contributed by atoms with E-state index in [4.69, 9.17) is 4.74 Å². The van der Waals surface area contributed by atoms with Crippen molar-refractivity contribution in [2.45, 2.75) is 17.9 Å². The Labute approximate surface area is 214 Å². The van der Waals surface area contributed by atoms with Gasteiger partial charge in [-0.05, 0) is 42.3 Å². The highest BCUT2D eigenvalue weighted by Crippen LogP contribution is 2.37. The largest absolute Gasteiger partial charge is 0.497 e. The van der Waals surface area contributed by atoms with Crippen LogP contribution in [-0.2, 0) is 16.6 Å². The van der Waals surface area contributed by atoms with Crippen LogP contribution in [0.25, 0.3) is 11.0 Å². The normalized spacial score (nSPS) is 15.0. The van der Waals surface area contributed by atoms with Crippen molar-refractivity contribution in [3.05, 3.63) is 88.7 Å². The number of ether oxygens (including phenoxy) is 1. The van der Waals surface area contributed by atoms with Crippen LogP contribution < -0.4 is 9.64 Å². The molecule has 10 nitrogen and oxygen atoms in total. The number of pyridine rings is 1. The molecule has 0 saturated carbocycles. The van der Waals surface area contributed by atoms with Gasteiger partial charge in [0.25, 0.3) is 10.0 Å². The SMILES string of the molecule is COc1ccc(CN2CCCN(c3c([N+](=O)[O-])cnc4c3ccn4S(=O)(=O)c3ccccc3)CC2)cc1. The summed E-state index contributed by atoms with van der Waals surface area (Å²) in [5.74, 6) is 0.807. The standard InChI is InChI=1S/C26H27N5O5S/c1-36-21-10-8-20(9-11-21)19-28-13-5-14-29(17-16-28)25-23-12-15-30(26(23)27-18-24(25)31(32)33)37(34,35)22-6-3-2-4-7-22/h2-4,6-12,15,18H,5,13-14,16-17,19H2,1H3. The highest BCUT2D eigenvalue weighted by molar-refractivity contribution is 7.90. The predicted molar refractivity (Wildman–Crippen MR) is 141 cm³/mol. The molecule has 1 saturated heterocycles. The molecule has 0 amide bonds. The molecule has 0 radical (unpaired) electrons. The van der Waals surface area contributed by atoms with Gasteiger partial charge in [-0.25, -0.2) is 17.4 Å². The monoisotopic (exact) mass is 521 g/mol. The highest BCUT2D eigenvalue weighted by Gasteiger charge is 2.29. The van der Waals surface area contributed by atoms with E-state index in [9.17, 15) is 18.5 Å². The summed E-state index contributed by atoms with van der Waals surface area (Å²) in [6, 6.07) is 17.6. The Hall–Kier alpha value is -3.96. The third kappa shape index (κ3) is 4.87. The fourth-order valence-corrected chi connectivity index (χ4v) is 6.07. The van der Waals surface area contributed by atoms with Crippen molar-refractivity contribution in [1.29, 1.82) is 0 Å². The van der Waals surface area contributed by atoms with E-state index < -0.39 is 14.9 Å². The molecule has 37 heavy (non-hydrogen) atoms. The first-order valence-electron chi connectivity index (χ1n) is 11.9. The van der Waals surface area contributed by atoms with Gasteiger partial charge >= 0.3 is 5.69 Å². The maximum absolute atomic E-state index is 13.3.